The molecular formula is C16H18F3NSi. The Kier molecular flexibility index (Phi) is 4.42. The van der Waals surface area contributed by atoms with Crippen LogP contribution in [-0.2, 0) is 6.54 Å². The fourth-order valence-electron chi connectivity index (χ4n) is 2.02. The highest BCUT2D eigenvalue weighted by Gasteiger charge is 2.16. The molecular weight excluding hydrogens is 291 g/mol. The first kappa shape index (κ1) is 15.6. The highest BCUT2D eigenvalue weighted by Crippen LogP contribution is 2.20. The van der Waals surface area contributed by atoms with Gasteiger partial charge in [0.25, 0.3) is 0 Å². The molecule has 1 nitrogen and oxygen atoms in total. The molecule has 0 atom stereocenters. The second-order valence-corrected chi connectivity index (χ2v) is 11.1. The largest absolute Gasteiger partial charge is 0.376 e. The molecule has 0 aliphatic rings. The van der Waals surface area contributed by atoms with Crippen molar-refractivity contribution in [2.45, 2.75) is 26.2 Å². The summed E-state index contributed by atoms with van der Waals surface area (Å²) in [7, 11) is -1.35. The molecule has 1 N–H and O–H groups in total. The molecule has 2 aromatic carbocycles. The highest BCUT2D eigenvalue weighted by atomic mass is 28.3. The van der Waals surface area contributed by atoms with Gasteiger partial charge in [-0.3, -0.25) is 0 Å². The van der Waals surface area contributed by atoms with Gasteiger partial charge in [-0.25, -0.2) is 13.2 Å². The van der Waals surface area contributed by atoms with Crippen molar-refractivity contribution in [2.24, 2.45) is 0 Å². The molecule has 0 aliphatic heterocycles. The smallest absolute Gasteiger partial charge is 0.152 e. The molecule has 0 fully saturated rings. The van der Waals surface area contributed by atoms with Crippen molar-refractivity contribution in [3.8, 4) is 0 Å². The maximum absolute atomic E-state index is 13.5. The molecule has 112 valence electrons. The lowest BCUT2D eigenvalue weighted by Gasteiger charge is -2.17. The van der Waals surface area contributed by atoms with Crippen molar-refractivity contribution in [2.75, 3.05) is 5.32 Å². The Morgan fingerprint density at radius 2 is 1.43 bits per heavy atom. The second-order valence-electron chi connectivity index (χ2n) is 6.04. The average molecular weight is 309 g/mol. The van der Waals surface area contributed by atoms with Crippen LogP contribution in [0.5, 0.6) is 0 Å². The maximum Gasteiger partial charge on any atom is 0.152 e. The van der Waals surface area contributed by atoms with Gasteiger partial charge in [-0.2, -0.15) is 0 Å². The molecule has 5 heteroatoms. The molecule has 0 bridgehead atoms. The standard InChI is InChI=1S/C16H18F3NSi/c1-21(2,3)13-6-4-11(5-7-13)10-20-16-14(18)8-12(17)9-15(16)19/h4-9,20H,10H2,1-3H3. The van der Waals surface area contributed by atoms with E-state index in [4.69, 9.17) is 0 Å². The molecule has 0 aromatic heterocycles. The van der Waals surface area contributed by atoms with Crippen molar-refractivity contribution in [1.29, 1.82) is 0 Å². The number of rotatable bonds is 4. The van der Waals surface area contributed by atoms with Gasteiger partial charge >= 0.3 is 0 Å². The number of nitrogens with one attached hydrogen (secondary N) is 1. The Balaban J connectivity index is 2.10. The molecule has 0 saturated heterocycles. The van der Waals surface area contributed by atoms with Crippen molar-refractivity contribution in [1.82, 2.24) is 0 Å². The van der Waals surface area contributed by atoms with Crippen LogP contribution in [0.1, 0.15) is 5.56 Å². The van der Waals surface area contributed by atoms with E-state index in [2.05, 4.69) is 37.1 Å². The van der Waals surface area contributed by atoms with E-state index in [-0.39, 0.29) is 12.2 Å². The summed E-state index contributed by atoms with van der Waals surface area (Å²) in [6.45, 7) is 7.04. The lowest BCUT2D eigenvalue weighted by Crippen LogP contribution is -2.37. The van der Waals surface area contributed by atoms with Gasteiger partial charge in [-0.1, -0.05) is 49.1 Å². The molecule has 2 rings (SSSR count). The summed E-state index contributed by atoms with van der Waals surface area (Å²) in [5, 5.41) is 4.00. The predicted octanol–water partition coefficient (Wildman–Crippen LogP) is 4.26. The van der Waals surface area contributed by atoms with E-state index < -0.39 is 25.5 Å². The van der Waals surface area contributed by atoms with E-state index in [0.717, 1.165) is 5.56 Å². The number of benzene rings is 2. The third-order valence-corrected chi connectivity index (χ3v) is 5.36. The molecule has 0 saturated carbocycles. The lowest BCUT2D eigenvalue weighted by molar-refractivity contribution is 0.547. The zero-order chi connectivity index (χ0) is 15.6. The summed E-state index contributed by atoms with van der Waals surface area (Å²) in [5.74, 6) is -2.77. The van der Waals surface area contributed by atoms with Crippen molar-refractivity contribution in [3.63, 3.8) is 0 Å². The molecule has 0 heterocycles. The summed E-state index contributed by atoms with van der Waals surface area (Å²) >= 11 is 0. The third-order valence-electron chi connectivity index (χ3n) is 3.30. The molecule has 0 spiro atoms. The normalized spacial score (nSPS) is 11.5. The van der Waals surface area contributed by atoms with Crippen LogP contribution < -0.4 is 10.5 Å². The van der Waals surface area contributed by atoms with E-state index in [1.165, 1.54) is 5.19 Å². The summed E-state index contributed by atoms with van der Waals surface area (Å²) < 4.78 is 39.8. The van der Waals surface area contributed by atoms with Gasteiger partial charge in [0.2, 0.25) is 0 Å². The summed E-state index contributed by atoms with van der Waals surface area (Å²) in [6, 6.07) is 9.33. The maximum atomic E-state index is 13.5. The Bertz CT molecular complexity index is 610. The van der Waals surface area contributed by atoms with Gasteiger partial charge in [0.15, 0.2) is 11.6 Å². The topological polar surface area (TPSA) is 12.0 Å². The predicted molar refractivity (Wildman–Crippen MR) is 83.1 cm³/mol. The van der Waals surface area contributed by atoms with Crippen LogP contribution in [0.25, 0.3) is 0 Å². The van der Waals surface area contributed by atoms with Crippen LogP contribution in [0.3, 0.4) is 0 Å². The summed E-state index contributed by atoms with van der Waals surface area (Å²) in [4.78, 5) is 0. The number of halogens is 3. The van der Waals surface area contributed by atoms with Gasteiger partial charge in [-0.05, 0) is 5.56 Å². The van der Waals surface area contributed by atoms with Crippen molar-refractivity contribution < 1.29 is 13.2 Å². The van der Waals surface area contributed by atoms with Crippen molar-refractivity contribution >= 4 is 18.9 Å². The Morgan fingerprint density at radius 1 is 0.905 bits per heavy atom. The molecule has 0 radical (unpaired) electrons. The summed E-state index contributed by atoms with van der Waals surface area (Å²) in [5.41, 5.74) is 0.616. The first-order valence-corrected chi connectivity index (χ1v) is 10.3. The lowest BCUT2D eigenvalue weighted by atomic mass is 10.2. The van der Waals surface area contributed by atoms with Gasteiger partial charge in [0.05, 0.1) is 8.07 Å². The van der Waals surface area contributed by atoms with Crippen LogP contribution in [0.4, 0.5) is 18.9 Å². The molecule has 0 amide bonds. The van der Waals surface area contributed by atoms with E-state index in [1.54, 1.807) is 0 Å². The Labute approximate surface area is 123 Å². The molecule has 2 aromatic rings. The first-order chi connectivity index (χ1) is 9.77. The van der Waals surface area contributed by atoms with Crippen LogP contribution >= 0.6 is 0 Å². The van der Waals surface area contributed by atoms with Crippen LogP contribution in [0.15, 0.2) is 36.4 Å². The Morgan fingerprint density at radius 3 is 1.90 bits per heavy atom. The van der Waals surface area contributed by atoms with E-state index in [1.807, 2.05) is 12.1 Å². The molecule has 0 unspecified atom stereocenters. The van der Waals surface area contributed by atoms with Gasteiger partial charge < -0.3 is 5.32 Å². The van der Waals surface area contributed by atoms with Crippen molar-refractivity contribution in [3.05, 3.63) is 59.4 Å². The zero-order valence-electron chi connectivity index (χ0n) is 12.3. The third kappa shape index (κ3) is 3.88. The second kappa shape index (κ2) is 5.93. The van der Waals surface area contributed by atoms with Gasteiger partial charge in [-0.15, -0.1) is 0 Å². The highest BCUT2D eigenvalue weighted by molar-refractivity contribution is 6.88. The van der Waals surface area contributed by atoms with Crippen LogP contribution in [0.2, 0.25) is 19.6 Å². The Hall–Kier alpha value is -1.75. The minimum absolute atomic E-state index is 0.283. The van der Waals surface area contributed by atoms with Crippen LogP contribution in [0, 0.1) is 17.5 Å². The fraction of sp³-hybridized carbons (Fsp3) is 0.250. The zero-order valence-corrected chi connectivity index (χ0v) is 13.3. The monoisotopic (exact) mass is 309 g/mol. The SMILES string of the molecule is C[Si](C)(C)c1ccc(CNc2c(F)cc(F)cc2F)cc1. The van der Waals surface area contributed by atoms with E-state index in [9.17, 15) is 13.2 Å². The minimum atomic E-state index is -1.35. The molecule has 21 heavy (non-hydrogen) atoms. The van der Waals surface area contributed by atoms with Gasteiger partial charge in [0, 0.05) is 18.7 Å². The summed E-state index contributed by atoms with van der Waals surface area (Å²) in [6.07, 6.45) is 0. The van der Waals surface area contributed by atoms with Crippen LogP contribution in [-0.4, -0.2) is 8.07 Å². The number of hydrogen-bond donors (Lipinski definition) is 1. The van der Waals surface area contributed by atoms with E-state index >= 15 is 0 Å². The number of hydrogen-bond acceptors (Lipinski definition) is 1. The molecule has 0 aliphatic carbocycles. The minimum Gasteiger partial charge on any atom is -0.376 e. The quantitative estimate of drug-likeness (QED) is 0.832. The number of anilines is 1. The average Bonchev–Trinajstić information content (AvgIpc) is 2.37. The first-order valence-electron chi connectivity index (χ1n) is 6.75. The van der Waals surface area contributed by atoms with E-state index in [0.29, 0.717) is 12.1 Å². The van der Waals surface area contributed by atoms with Gasteiger partial charge in [0.1, 0.15) is 11.5 Å². The fourth-order valence-corrected chi connectivity index (χ4v) is 3.19.